The van der Waals surface area contributed by atoms with Crippen LogP contribution in [0, 0.1) is 0 Å². The highest BCUT2D eigenvalue weighted by Gasteiger charge is 1.92. The number of hydrogen-bond acceptors (Lipinski definition) is 6. The molecule has 0 aliphatic rings. The molecule has 112 valence electrons. The van der Waals surface area contributed by atoms with Crippen LogP contribution in [0.4, 0.5) is 0 Å². The number of hydrogen-bond donors (Lipinski definition) is 0. The third kappa shape index (κ3) is 17.1. The first-order valence-electron chi connectivity index (χ1n) is 6.22. The van der Waals surface area contributed by atoms with Gasteiger partial charge in [-0.1, -0.05) is 5.11 Å². The molecule has 19 heavy (non-hydrogen) atoms. The summed E-state index contributed by atoms with van der Waals surface area (Å²) in [7, 11) is 1.64. The lowest BCUT2D eigenvalue weighted by Crippen LogP contribution is -2.13. The summed E-state index contributed by atoms with van der Waals surface area (Å²) in [5, 5.41) is 3.34. The molecule has 0 aromatic heterocycles. The van der Waals surface area contributed by atoms with Gasteiger partial charge in [0.15, 0.2) is 0 Å². The largest absolute Gasteiger partial charge is 0.382 e. The fourth-order valence-electron chi connectivity index (χ4n) is 1.05. The summed E-state index contributed by atoms with van der Waals surface area (Å²) in [4.78, 5) is 2.61. The van der Waals surface area contributed by atoms with Crippen molar-refractivity contribution in [2.45, 2.75) is 0 Å². The standard InChI is InChI=1S/C11H23N3O5/c1-15-4-5-17-8-9-19-11-10-18-7-6-16-3-2-13-14-12/h2-11H2,1H3. The van der Waals surface area contributed by atoms with Gasteiger partial charge in [-0.15, -0.1) is 0 Å². The van der Waals surface area contributed by atoms with E-state index in [1.165, 1.54) is 0 Å². The Morgan fingerprint density at radius 3 is 1.58 bits per heavy atom. The molecule has 0 spiro atoms. The molecule has 0 aliphatic heterocycles. The Bertz CT molecular complexity index is 224. The van der Waals surface area contributed by atoms with Crippen LogP contribution in [0.25, 0.3) is 10.4 Å². The van der Waals surface area contributed by atoms with E-state index >= 15 is 0 Å². The topological polar surface area (TPSA) is 94.9 Å². The summed E-state index contributed by atoms with van der Waals surface area (Å²) < 4.78 is 25.8. The van der Waals surface area contributed by atoms with Crippen LogP contribution in [-0.4, -0.2) is 73.1 Å². The van der Waals surface area contributed by atoms with Gasteiger partial charge in [0.2, 0.25) is 0 Å². The van der Waals surface area contributed by atoms with Crippen molar-refractivity contribution >= 4 is 0 Å². The molecule has 0 atom stereocenters. The molecular weight excluding hydrogens is 254 g/mol. The maximum absolute atomic E-state index is 8.02. The maximum atomic E-state index is 8.02. The van der Waals surface area contributed by atoms with Gasteiger partial charge >= 0.3 is 0 Å². The molecule has 8 heteroatoms. The predicted octanol–water partition coefficient (Wildman–Crippen LogP) is 1.01. The average molecular weight is 277 g/mol. The molecule has 0 heterocycles. The maximum Gasteiger partial charge on any atom is 0.0701 e. The zero-order valence-corrected chi connectivity index (χ0v) is 11.5. The molecule has 0 rings (SSSR count). The molecule has 0 saturated heterocycles. The monoisotopic (exact) mass is 277 g/mol. The van der Waals surface area contributed by atoms with Crippen molar-refractivity contribution in [3.8, 4) is 0 Å². The summed E-state index contributed by atoms with van der Waals surface area (Å²) in [5.41, 5.74) is 8.02. The Morgan fingerprint density at radius 1 is 0.737 bits per heavy atom. The Balaban J connectivity index is 2.93. The number of azide groups is 1. The van der Waals surface area contributed by atoms with Crippen molar-refractivity contribution in [2.24, 2.45) is 5.11 Å². The summed E-state index contributed by atoms with van der Waals surface area (Å²) in [5.74, 6) is 0. The van der Waals surface area contributed by atoms with Crippen LogP contribution in [0.15, 0.2) is 5.11 Å². The minimum absolute atomic E-state index is 0.350. The second-order valence-corrected chi connectivity index (χ2v) is 3.40. The molecule has 0 aromatic carbocycles. The lowest BCUT2D eigenvalue weighted by atomic mass is 10.7. The van der Waals surface area contributed by atoms with Crippen LogP contribution in [0.3, 0.4) is 0 Å². The highest BCUT2D eigenvalue weighted by atomic mass is 16.6. The highest BCUT2D eigenvalue weighted by molar-refractivity contribution is 4.44. The molecule has 0 bridgehead atoms. The van der Waals surface area contributed by atoms with Gasteiger partial charge in [-0.3, -0.25) is 0 Å². The van der Waals surface area contributed by atoms with Crippen LogP contribution >= 0.6 is 0 Å². The number of methoxy groups -OCH3 is 1. The van der Waals surface area contributed by atoms with Gasteiger partial charge in [0.1, 0.15) is 0 Å². The van der Waals surface area contributed by atoms with Gasteiger partial charge in [-0.25, -0.2) is 0 Å². The number of rotatable bonds is 15. The Hall–Kier alpha value is -0.890. The van der Waals surface area contributed by atoms with Crippen LogP contribution in [-0.2, 0) is 23.7 Å². The minimum Gasteiger partial charge on any atom is -0.382 e. The predicted molar refractivity (Wildman–Crippen MR) is 69.2 cm³/mol. The fourth-order valence-corrected chi connectivity index (χ4v) is 1.05. The molecule has 0 aromatic rings. The normalized spacial score (nSPS) is 10.4. The quantitative estimate of drug-likeness (QED) is 0.193. The van der Waals surface area contributed by atoms with E-state index in [0.717, 1.165) is 0 Å². The van der Waals surface area contributed by atoms with Gasteiger partial charge in [0, 0.05) is 18.6 Å². The number of nitrogens with zero attached hydrogens (tertiary/aromatic N) is 3. The van der Waals surface area contributed by atoms with Crippen molar-refractivity contribution in [1.29, 1.82) is 0 Å². The SMILES string of the molecule is COCCOCCOCCOCCOCCN=[N+]=[N-]. The zero-order chi connectivity index (χ0) is 14.0. The van der Waals surface area contributed by atoms with Crippen molar-refractivity contribution in [2.75, 3.05) is 73.1 Å². The molecule has 0 unspecified atom stereocenters. The van der Waals surface area contributed by atoms with E-state index in [1.807, 2.05) is 0 Å². The third-order valence-electron chi connectivity index (χ3n) is 1.95. The van der Waals surface area contributed by atoms with Crippen molar-refractivity contribution in [3.63, 3.8) is 0 Å². The van der Waals surface area contributed by atoms with Crippen molar-refractivity contribution in [1.82, 2.24) is 0 Å². The minimum atomic E-state index is 0.350. The molecule has 0 aliphatic carbocycles. The van der Waals surface area contributed by atoms with E-state index in [1.54, 1.807) is 7.11 Å². The Morgan fingerprint density at radius 2 is 1.16 bits per heavy atom. The van der Waals surface area contributed by atoms with E-state index in [2.05, 4.69) is 10.0 Å². The first kappa shape index (κ1) is 18.1. The van der Waals surface area contributed by atoms with E-state index in [0.29, 0.717) is 66.0 Å². The number of ether oxygens (including phenoxy) is 5. The smallest absolute Gasteiger partial charge is 0.0701 e. The summed E-state index contributed by atoms with van der Waals surface area (Å²) in [6, 6.07) is 0. The summed E-state index contributed by atoms with van der Waals surface area (Å²) in [6.45, 7) is 5.12. The fraction of sp³-hybridized carbons (Fsp3) is 1.00. The summed E-state index contributed by atoms with van der Waals surface area (Å²) in [6.07, 6.45) is 0. The van der Waals surface area contributed by atoms with Gasteiger partial charge in [-0.2, -0.15) is 0 Å². The van der Waals surface area contributed by atoms with Gasteiger partial charge < -0.3 is 23.7 Å². The van der Waals surface area contributed by atoms with Gasteiger partial charge in [-0.05, 0) is 5.53 Å². The second kappa shape index (κ2) is 17.1. The molecular formula is C11H23N3O5. The van der Waals surface area contributed by atoms with E-state index < -0.39 is 0 Å². The molecule has 8 nitrogen and oxygen atoms in total. The van der Waals surface area contributed by atoms with Crippen molar-refractivity contribution in [3.05, 3.63) is 10.4 Å². The van der Waals surface area contributed by atoms with Gasteiger partial charge in [0.05, 0.1) is 59.5 Å². The summed E-state index contributed by atoms with van der Waals surface area (Å²) >= 11 is 0. The molecule has 0 radical (unpaired) electrons. The molecule has 0 N–H and O–H groups in total. The lowest BCUT2D eigenvalue weighted by Gasteiger charge is -2.06. The molecule has 0 fully saturated rings. The lowest BCUT2D eigenvalue weighted by molar-refractivity contribution is -0.00715. The van der Waals surface area contributed by atoms with Crippen LogP contribution < -0.4 is 0 Å². The van der Waals surface area contributed by atoms with Crippen LogP contribution in [0.1, 0.15) is 0 Å². The third-order valence-corrected chi connectivity index (χ3v) is 1.95. The highest BCUT2D eigenvalue weighted by Crippen LogP contribution is 1.83. The second-order valence-electron chi connectivity index (χ2n) is 3.40. The van der Waals surface area contributed by atoms with E-state index in [9.17, 15) is 0 Å². The zero-order valence-electron chi connectivity index (χ0n) is 11.5. The Kier molecular flexibility index (Phi) is 16.3. The first-order valence-corrected chi connectivity index (χ1v) is 6.22. The average Bonchev–Trinajstić information content (AvgIpc) is 2.43. The Labute approximate surface area is 113 Å². The van der Waals surface area contributed by atoms with Crippen LogP contribution in [0.5, 0.6) is 0 Å². The van der Waals surface area contributed by atoms with E-state index in [-0.39, 0.29) is 0 Å². The molecule has 0 saturated carbocycles. The van der Waals surface area contributed by atoms with Crippen molar-refractivity contribution < 1.29 is 23.7 Å². The molecule has 0 amide bonds. The van der Waals surface area contributed by atoms with Gasteiger partial charge in [0.25, 0.3) is 0 Å². The first-order chi connectivity index (χ1) is 9.41. The van der Waals surface area contributed by atoms with E-state index in [4.69, 9.17) is 29.2 Å². The van der Waals surface area contributed by atoms with Crippen LogP contribution in [0.2, 0.25) is 0 Å².